The Labute approximate surface area is 187 Å². The second kappa shape index (κ2) is 11.2. The standard InChI is InChI=1S/C22H27N3O5S/c1-25(2)19(26)11-8-14-6-9-16(10-7-14)23-22(31)24-21(27)15-12-17(28-3)20(30-5)18(13-15)29-4/h6-7,9-10,12-13H,8,11H2,1-5H3,(H2,23,24,27,31). The average Bonchev–Trinajstić information content (AvgIpc) is 2.76. The smallest absolute Gasteiger partial charge is 0.257 e. The Balaban J connectivity index is 1.99. The average molecular weight is 446 g/mol. The topological polar surface area (TPSA) is 89.1 Å². The van der Waals surface area contributed by atoms with Crippen LogP contribution in [0.25, 0.3) is 0 Å². The molecule has 2 amide bonds. The van der Waals surface area contributed by atoms with Gasteiger partial charge in [0.1, 0.15) is 0 Å². The van der Waals surface area contributed by atoms with Gasteiger partial charge in [-0.15, -0.1) is 0 Å². The van der Waals surface area contributed by atoms with E-state index in [-0.39, 0.29) is 11.0 Å². The number of carbonyl (C=O) groups excluding carboxylic acids is 2. The molecule has 31 heavy (non-hydrogen) atoms. The zero-order chi connectivity index (χ0) is 23.0. The Hall–Kier alpha value is -3.33. The lowest BCUT2D eigenvalue weighted by Gasteiger charge is -2.15. The molecular weight excluding hydrogens is 418 g/mol. The van der Waals surface area contributed by atoms with E-state index < -0.39 is 5.91 Å². The number of nitrogens with zero attached hydrogens (tertiary/aromatic N) is 1. The van der Waals surface area contributed by atoms with E-state index in [0.717, 1.165) is 11.3 Å². The Morgan fingerprint density at radius 2 is 1.55 bits per heavy atom. The Bertz CT molecular complexity index is 920. The minimum atomic E-state index is -0.421. The third-order valence-electron chi connectivity index (χ3n) is 4.49. The SMILES string of the molecule is COc1cc(C(=O)NC(=S)Nc2ccc(CCC(=O)N(C)C)cc2)cc(OC)c1OC. The number of thiocarbonyl (C=S) groups is 1. The van der Waals surface area contributed by atoms with Gasteiger partial charge in [-0.05, 0) is 48.5 Å². The van der Waals surface area contributed by atoms with Crippen molar-refractivity contribution in [1.29, 1.82) is 0 Å². The molecule has 0 bridgehead atoms. The summed E-state index contributed by atoms with van der Waals surface area (Å²) in [5, 5.41) is 5.75. The van der Waals surface area contributed by atoms with Crippen molar-refractivity contribution in [3.8, 4) is 17.2 Å². The molecule has 8 nitrogen and oxygen atoms in total. The lowest BCUT2D eigenvalue weighted by atomic mass is 10.1. The number of ether oxygens (including phenoxy) is 3. The molecule has 2 aromatic carbocycles. The summed E-state index contributed by atoms with van der Waals surface area (Å²) in [5.41, 5.74) is 2.06. The van der Waals surface area contributed by atoms with Gasteiger partial charge in [-0.1, -0.05) is 12.1 Å². The highest BCUT2D eigenvalue weighted by Gasteiger charge is 2.17. The molecule has 0 saturated carbocycles. The highest BCUT2D eigenvalue weighted by Crippen LogP contribution is 2.38. The molecule has 0 saturated heterocycles. The van der Waals surface area contributed by atoms with Crippen LogP contribution in [-0.2, 0) is 11.2 Å². The largest absolute Gasteiger partial charge is 0.493 e. The molecule has 2 N–H and O–H groups in total. The number of carbonyl (C=O) groups is 2. The number of nitrogens with one attached hydrogen (secondary N) is 2. The molecule has 2 aromatic rings. The van der Waals surface area contributed by atoms with Gasteiger partial charge in [-0.25, -0.2) is 0 Å². The summed E-state index contributed by atoms with van der Waals surface area (Å²) in [6.07, 6.45) is 1.10. The van der Waals surface area contributed by atoms with E-state index in [0.29, 0.717) is 35.7 Å². The Kier molecular flexibility index (Phi) is 8.63. The van der Waals surface area contributed by atoms with Gasteiger partial charge in [-0.2, -0.15) is 0 Å². The molecular formula is C22H27N3O5S. The van der Waals surface area contributed by atoms with Crippen LogP contribution in [0.5, 0.6) is 17.2 Å². The maximum atomic E-state index is 12.6. The quantitative estimate of drug-likeness (QED) is 0.604. The van der Waals surface area contributed by atoms with Crippen LogP contribution in [0.2, 0.25) is 0 Å². The first-order valence-corrected chi connectivity index (χ1v) is 9.91. The summed E-state index contributed by atoms with van der Waals surface area (Å²) in [6, 6.07) is 10.6. The van der Waals surface area contributed by atoms with Gasteiger partial charge in [0.2, 0.25) is 11.7 Å². The number of aryl methyl sites for hydroxylation is 1. The predicted octanol–water partition coefficient (Wildman–Crippen LogP) is 2.86. The van der Waals surface area contributed by atoms with Crippen LogP contribution in [0.4, 0.5) is 5.69 Å². The van der Waals surface area contributed by atoms with Crippen LogP contribution < -0.4 is 24.8 Å². The van der Waals surface area contributed by atoms with Gasteiger partial charge in [0.25, 0.3) is 5.91 Å². The number of benzene rings is 2. The molecule has 0 aromatic heterocycles. The molecule has 2 rings (SSSR count). The van der Waals surface area contributed by atoms with Crippen molar-refractivity contribution in [3.05, 3.63) is 47.5 Å². The zero-order valence-electron chi connectivity index (χ0n) is 18.3. The van der Waals surface area contributed by atoms with Crippen LogP contribution in [0, 0.1) is 0 Å². The van der Waals surface area contributed by atoms with Crippen molar-refractivity contribution < 1.29 is 23.8 Å². The van der Waals surface area contributed by atoms with E-state index in [1.165, 1.54) is 21.3 Å². The van der Waals surface area contributed by atoms with E-state index >= 15 is 0 Å². The van der Waals surface area contributed by atoms with Gasteiger partial charge in [-0.3, -0.25) is 14.9 Å². The van der Waals surface area contributed by atoms with Crippen LogP contribution >= 0.6 is 12.2 Å². The highest BCUT2D eigenvalue weighted by atomic mass is 32.1. The molecule has 166 valence electrons. The second-order valence-corrected chi connectivity index (χ2v) is 7.22. The summed E-state index contributed by atoms with van der Waals surface area (Å²) in [4.78, 5) is 25.9. The number of anilines is 1. The molecule has 0 fully saturated rings. The van der Waals surface area contributed by atoms with Crippen molar-refractivity contribution in [3.63, 3.8) is 0 Å². The van der Waals surface area contributed by atoms with Crippen molar-refractivity contribution >= 4 is 34.8 Å². The molecule has 0 aliphatic rings. The second-order valence-electron chi connectivity index (χ2n) is 6.81. The molecule has 0 aliphatic carbocycles. The molecule has 0 radical (unpaired) electrons. The number of rotatable bonds is 8. The van der Waals surface area contributed by atoms with Gasteiger partial charge < -0.3 is 24.4 Å². The fraction of sp³-hybridized carbons (Fsp3) is 0.318. The highest BCUT2D eigenvalue weighted by molar-refractivity contribution is 7.80. The molecule has 0 atom stereocenters. The predicted molar refractivity (Wildman–Crippen MR) is 123 cm³/mol. The first-order valence-electron chi connectivity index (χ1n) is 9.50. The molecule has 0 unspecified atom stereocenters. The maximum absolute atomic E-state index is 12.6. The minimum Gasteiger partial charge on any atom is -0.493 e. The minimum absolute atomic E-state index is 0.0814. The maximum Gasteiger partial charge on any atom is 0.257 e. The van der Waals surface area contributed by atoms with Gasteiger partial charge >= 0.3 is 0 Å². The van der Waals surface area contributed by atoms with Gasteiger partial charge in [0.05, 0.1) is 21.3 Å². The van der Waals surface area contributed by atoms with E-state index in [1.54, 1.807) is 31.1 Å². The Morgan fingerprint density at radius 1 is 0.968 bits per heavy atom. The summed E-state index contributed by atoms with van der Waals surface area (Å²) in [6.45, 7) is 0. The van der Waals surface area contributed by atoms with E-state index in [4.69, 9.17) is 26.4 Å². The van der Waals surface area contributed by atoms with Crippen molar-refractivity contribution in [2.75, 3.05) is 40.7 Å². The van der Waals surface area contributed by atoms with E-state index in [9.17, 15) is 9.59 Å². The number of hydrogen-bond acceptors (Lipinski definition) is 6. The normalized spacial score (nSPS) is 10.1. The lowest BCUT2D eigenvalue weighted by Crippen LogP contribution is -2.34. The first kappa shape index (κ1) is 23.9. The summed E-state index contributed by atoms with van der Waals surface area (Å²) >= 11 is 5.25. The van der Waals surface area contributed by atoms with Crippen LogP contribution in [-0.4, -0.2) is 57.3 Å². The number of hydrogen-bond donors (Lipinski definition) is 2. The summed E-state index contributed by atoms with van der Waals surface area (Å²) < 4.78 is 15.8. The van der Waals surface area contributed by atoms with Crippen molar-refractivity contribution in [1.82, 2.24) is 10.2 Å². The summed E-state index contributed by atoms with van der Waals surface area (Å²) in [7, 11) is 7.92. The third-order valence-corrected chi connectivity index (χ3v) is 4.70. The van der Waals surface area contributed by atoms with Gasteiger partial charge in [0, 0.05) is 31.8 Å². The fourth-order valence-electron chi connectivity index (χ4n) is 2.78. The molecule has 0 heterocycles. The number of methoxy groups -OCH3 is 3. The van der Waals surface area contributed by atoms with E-state index in [1.807, 2.05) is 24.3 Å². The third kappa shape index (κ3) is 6.58. The lowest BCUT2D eigenvalue weighted by molar-refractivity contribution is -0.128. The monoisotopic (exact) mass is 445 g/mol. The molecule has 0 aliphatic heterocycles. The van der Waals surface area contributed by atoms with Gasteiger partial charge in [0.15, 0.2) is 16.6 Å². The van der Waals surface area contributed by atoms with Crippen LogP contribution in [0.1, 0.15) is 22.3 Å². The molecule has 0 spiro atoms. The zero-order valence-corrected chi connectivity index (χ0v) is 19.1. The van der Waals surface area contributed by atoms with E-state index in [2.05, 4.69) is 10.6 Å². The van der Waals surface area contributed by atoms with Crippen LogP contribution in [0.3, 0.4) is 0 Å². The summed E-state index contributed by atoms with van der Waals surface area (Å²) in [5.74, 6) is 0.798. The number of amides is 2. The van der Waals surface area contributed by atoms with Crippen molar-refractivity contribution in [2.24, 2.45) is 0 Å². The van der Waals surface area contributed by atoms with Crippen LogP contribution in [0.15, 0.2) is 36.4 Å². The molecule has 9 heteroatoms. The Morgan fingerprint density at radius 3 is 2.03 bits per heavy atom. The van der Waals surface area contributed by atoms with Crippen molar-refractivity contribution in [2.45, 2.75) is 12.8 Å². The fourth-order valence-corrected chi connectivity index (χ4v) is 2.99. The first-order chi connectivity index (χ1) is 14.8.